The number of hydrogen-bond acceptors (Lipinski definition) is 2. The third kappa shape index (κ3) is 3.45. The van der Waals surface area contributed by atoms with E-state index < -0.39 is 0 Å². The maximum Gasteiger partial charge on any atom is 0.226 e. The predicted octanol–water partition coefficient (Wildman–Crippen LogP) is 2.65. The second-order valence-electron chi connectivity index (χ2n) is 5.05. The fraction of sp³-hybridized carbons (Fsp3) is 0.438. The highest BCUT2D eigenvalue weighted by Crippen LogP contribution is 2.16. The molecule has 1 aromatic rings. The summed E-state index contributed by atoms with van der Waals surface area (Å²) in [4.78, 5) is 14.1. The van der Waals surface area contributed by atoms with Gasteiger partial charge in [-0.25, -0.2) is 4.39 Å². The molecule has 0 atom stereocenters. The Bertz CT molecular complexity index is 493. The second-order valence-corrected chi connectivity index (χ2v) is 5.05. The van der Waals surface area contributed by atoms with Crippen molar-refractivity contribution in [3.05, 3.63) is 41.7 Å². The van der Waals surface area contributed by atoms with E-state index in [1.54, 1.807) is 19.2 Å². The van der Waals surface area contributed by atoms with Crippen LogP contribution in [0.3, 0.4) is 0 Å². The Morgan fingerprint density at radius 2 is 2.20 bits per heavy atom. The Balaban J connectivity index is 1.96. The minimum atomic E-state index is -0.308. The zero-order chi connectivity index (χ0) is 14.5. The van der Waals surface area contributed by atoms with Crippen molar-refractivity contribution in [2.75, 3.05) is 20.2 Å². The summed E-state index contributed by atoms with van der Waals surface area (Å²) in [5.41, 5.74) is 1.26. The SMILES string of the molecule is C=Cc1cc(CC(=O)N2CCC(OC)CC2)ccc1F. The van der Waals surface area contributed by atoms with Gasteiger partial charge in [0.25, 0.3) is 0 Å². The minimum absolute atomic E-state index is 0.0844. The molecule has 4 heteroatoms. The number of amides is 1. The fourth-order valence-corrected chi connectivity index (χ4v) is 2.49. The summed E-state index contributed by atoms with van der Waals surface area (Å²) in [6.45, 7) is 5.03. The van der Waals surface area contributed by atoms with Crippen LogP contribution in [-0.4, -0.2) is 37.1 Å². The first-order valence-electron chi connectivity index (χ1n) is 6.85. The summed E-state index contributed by atoms with van der Waals surface area (Å²) < 4.78 is 18.7. The first-order valence-corrected chi connectivity index (χ1v) is 6.85. The number of benzene rings is 1. The van der Waals surface area contributed by atoms with Gasteiger partial charge in [-0.3, -0.25) is 4.79 Å². The van der Waals surface area contributed by atoms with E-state index in [4.69, 9.17) is 4.74 Å². The summed E-state index contributed by atoms with van der Waals surface area (Å²) >= 11 is 0. The molecule has 0 saturated carbocycles. The molecule has 2 rings (SSSR count). The minimum Gasteiger partial charge on any atom is -0.381 e. The number of halogens is 1. The number of rotatable bonds is 4. The van der Waals surface area contributed by atoms with E-state index in [1.807, 2.05) is 4.90 Å². The normalized spacial score (nSPS) is 16.2. The molecule has 0 aromatic heterocycles. The molecule has 0 N–H and O–H groups in total. The number of nitrogens with zero attached hydrogens (tertiary/aromatic N) is 1. The number of carbonyl (C=O) groups is 1. The third-order valence-corrected chi connectivity index (χ3v) is 3.76. The lowest BCUT2D eigenvalue weighted by Gasteiger charge is -2.31. The Morgan fingerprint density at radius 3 is 2.80 bits per heavy atom. The molecular weight excluding hydrogens is 257 g/mol. The molecule has 1 aliphatic heterocycles. The van der Waals surface area contributed by atoms with Crippen LogP contribution in [0.15, 0.2) is 24.8 Å². The van der Waals surface area contributed by atoms with E-state index >= 15 is 0 Å². The molecule has 0 aliphatic carbocycles. The van der Waals surface area contributed by atoms with Crippen molar-refractivity contribution >= 4 is 12.0 Å². The predicted molar refractivity (Wildman–Crippen MR) is 76.8 cm³/mol. The third-order valence-electron chi connectivity index (χ3n) is 3.76. The van der Waals surface area contributed by atoms with Crippen LogP contribution < -0.4 is 0 Å². The van der Waals surface area contributed by atoms with Crippen molar-refractivity contribution in [3.63, 3.8) is 0 Å². The number of ether oxygens (including phenoxy) is 1. The molecule has 0 spiro atoms. The van der Waals surface area contributed by atoms with E-state index in [9.17, 15) is 9.18 Å². The maximum atomic E-state index is 13.4. The van der Waals surface area contributed by atoms with Crippen LogP contribution in [0.1, 0.15) is 24.0 Å². The van der Waals surface area contributed by atoms with Crippen LogP contribution in [0.2, 0.25) is 0 Å². The van der Waals surface area contributed by atoms with Gasteiger partial charge in [0, 0.05) is 25.8 Å². The summed E-state index contributed by atoms with van der Waals surface area (Å²) in [7, 11) is 1.71. The van der Waals surface area contributed by atoms with Gasteiger partial charge >= 0.3 is 0 Å². The highest BCUT2D eigenvalue weighted by molar-refractivity contribution is 5.79. The van der Waals surface area contributed by atoms with Crippen molar-refractivity contribution in [3.8, 4) is 0 Å². The quantitative estimate of drug-likeness (QED) is 0.846. The lowest BCUT2D eigenvalue weighted by molar-refractivity contribution is -0.132. The van der Waals surface area contributed by atoms with Crippen LogP contribution in [0, 0.1) is 5.82 Å². The molecular formula is C16H20FNO2. The monoisotopic (exact) mass is 277 g/mol. The molecule has 1 amide bonds. The molecule has 1 aliphatic rings. The second kappa shape index (κ2) is 6.66. The first-order chi connectivity index (χ1) is 9.63. The Kier molecular flexibility index (Phi) is 4.90. The van der Waals surface area contributed by atoms with Crippen molar-refractivity contribution < 1.29 is 13.9 Å². The smallest absolute Gasteiger partial charge is 0.226 e. The van der Waals surface area contributed by atoms with E-state index in [1.165, 1.54) is 12.1 Å². The number of piperidine rings is 1. The lowest BCUT2D eigenvalue weighted by atomic mass is 10.0. The molecule has 0 radical (unpaired) electrons. The number of likely N-dealkylation sites (tertiary alicyclic amines) is 1. The van der Waals surface area contributed by atoms with Gasteiger partial charge < -0.3 is 9.64 Å². The van der Waals surface area contributed by atoms with E-state index in [2.05, 4.69) is 6.58 Å². The highest BCUT2D eigenvalue weighted by Gasteiger charge is 2.22. The molecule has 0 unspecified atom stereocenters. The summed E-state index contributed by atoms with van der Waals surface area (Å²) in [6, 6.07) is 4.72. The van der Waals surface area contributed by atoms with Crippen LogP contribution in [-0.2, 0) is 16.0 Å². The summed E-state index contributed by atoms with van der Waals surface area (Å²) in [5, 5.41) is 0. The van der Waals surface area contributed by atoms with Crippen molar-refractivity contribution in [1.82, 2.24) is 4.90 Å². The number of hydrogen-bond donors (Lipinski definition) is 0. The van der Waals surface area contributed by atoms with Gasteiger partial charge in [-0.05, 0) is 30.5 Å². The summed E-state index contributed by atoms with van der Waals surface area (Å²) in [6.07, 6.45) is 3.79. The standard InChI is InChI=1S/C16H20FNO2/c1-3-13-10-12(4-5-15(13)17)11-16(19)18-8-6-14(20-2)7-9-18/h3-5,10,14H,1,6-9,11H2,2H3. The Hall–Kier alpha value is -1.68. The Labute approximate surface area is 119 Å². The molecule has 1 saturated heterocycles. The highest BCUT2D eigenvalue weighted by atomic mass is 19.1. The average Bonchev–Trinajstić information content (AvgIpc) is 2.49. The van der Waals surface area contributed by atoms with Crippen LogP contribution in [0.25, 0.3) is 6.08 Å². The molecule has 0 bridgehead atoms. The first kappa shape index (κ1) is 14.7. The van der Waals surface area contributed by atoms with Crippen LogP contribution in [0.5, 0.6) is 0 Å². The molecule has 20 heavy (non-hydrogen) atoms. The van der Waals surface area contributed by atoms with Gasteiger partial charge in [0.05, 0.1) is 12.5 Å². The molecule has 1 fully saturated rings. The van der Waals surface area contributed by atoms with Gasteiger partial charge in [-0.2, -0.15) is 0 Å². The molecule has 108 valence electrons. The zero-order valence-electron chi connectivity index (χ0n) is 11.8. The van der Waals surface area contributed by atoms with E-state index in [0.717, 1.165) is 31.5 Å². The lowest BCUT2D eigenvalue weighted by Crippen LogP contribution is -2.41. The topological polar surface area (TPSA) is 29.5 Å². The zero-order valence-corrected chi connectivity index (χ0v) is 11.8. The fourth-order valence-electron chi connectivity index (χ4n) is 2.49. The molecule has 3 nitrogen and oxygen atoms in total. The average molecular weight is 277 g/mol. The number of methoxy groups -OCH3 is 1. The van der Waals surface area contributed by atoms with Crippen molar-refractivity contribution in [2.24, 2.45) is 0 Å². The van der Waals surface area contributed by atoms with Gasteiger partial charge in [0.1, 0.15) is 5.82 Å². The molecule has 1 heterocycles. The Morgan fingerprint density at radius 1 is 1.50 bits per heavy atom. The van der Waals surface area contributed by atoms with E-state index in [0.29, 0.717) is 12.0 Å². The summed E-state index contributed by atoms with van der Waals surface area (Å²) in [5.74, 6) is -0.224. The van der Waals surface area contributed by atoms with Crippen LogP contribution >= 0.6 is 0 Å². The van der Waals surface area contributed by atoms with Gasteiger partial charge in [-0.1, -0.05) is 18.7 Å². The molecule has 1 aromatic carbocycles. The van der Waals surface area contributed by atoms with Crippen molar-refractivity contribution in [2.45, 2.75) is 25.4 Å². The maximum absolute atomic E-state index is 13.4. The largest absolute Gasteiger partial charge is 0.381 e. The number of carbonyl (C=O) groups excluding carboxylic acids is 1. The van der Waals surface area contributed by atoms with Crippen LogP contribution in [0.4, 0.5) is 4.39 Å². The van der Waals surface area contributed by atoms with Gasteiger partial charge in [0.2, 0.25) is 5.91 Å². The van der Waals surface area contributed by atoms with Gasteiger partial charge in [-0.15, -0.1) is 0 Å². The van der Waals surface area contributed by atoms with Crippen molar-refractivity contribution in [1.29, 1.82) is 0 Å². The van der Waals surface area contributed by atoms with E-state index in [-0.39, 0.29) is 17.8 Å². The van der Waals surface area contributed by atoms with Gasteiger partial charge in [0.15, 0.2) is 0 Å².